The van der Waals surface area contributed by atoms with Crippen molar-refractivity contribution in [2.75, 3.05) is 0 Å². The summed E-state index contributed by atoms with van der Waals surface area (Å²) in [4.78, 5) is 44.5. The van der Waals surface area contributed by atoms with E-state index in [1.165, 1.54) is 25.1 Å². The summed E-state index contributed by atoms with van der Waals surface area (Å²) in [6, 6.07) is 3.46. The number of carbonyl (C=O) groups is 3. The zero-order chi connectivity index (χ0) is 33.2. The molecule has 0 bridgehead atoms. The van der Waals surface area contributed by atoms with Crippen LogP contribution in [0.15, 0.2) is 23.2 Å². The molecule has 13 heteroatoms. The van der Waals surface area contributed by atoms with Gasteiger partial charge in [-0.1, -0.05) is 12.1 Å². The van der Waals surface area contributed by atoms with Gasteiger partial charge in [-0.25, -0.2) is 0 Å². The molecule has 246 valence electrons. The fourth-order valence-corrected chi connectivity index (χ4v) is 6.88. The Bertz CT molecular complexity index is 1630. The number of hydrogen-bond acceptors (Lipinski definition) is 13. The first-order chi connectivity index (χ1) is 21.7. The Labute approximate surface area is 264 Å². The minimum absolute atomic E-state index is 0.0722. The Morgan fingerprint density at radius 2 is 1.78 bits per heavy atom. The highest BCUT2D eigenvalue weighted by molar-refractivity contribution is 6.31. The molecule has 2 aliphatic heterocycles. The van der Waals surface area contributed by atoms with Gasteiger partial charge in [0.2, 0.25) is 5.78 Å². The largest absolute Gasteiger partial charge is 0.507 e. The summed E-state index contributed by atoms with van der Waals surface area (Å²) in [5.74, 6) is -4.11. The summed E-state index contributed by atoms with van der Waals surface area (Å²) >= 11 is 0. The van der Waals surface area contributed by atoms with Gasteiger partial charge in [0, 0.05) is 48.6 Å². The van der Waals surface area contributed by atoms with E-state index in [-0.39, 0.29) is 41.5 Å². The number of benzene rings is 2. The van der Waals surface area contributed by atoms with Crippen molar-refractivity contribution in [3.05, 3.63) is 51.6 Å². The lowest BCUT2D eigenvalue weighted by molar-refractivity contribution is -0.283. The zero-order valence-corrected chi connectivity index (χ0v) is 25.8. The predicted molar refractivity (Wildman–Crippen MR) is 159 cm³/mol. The lowest BCUT2D eigenvalue weighted by Crippen LogP contribution is -2.52. The number of ether oxygens (including phenoxy) is 4. The smallest absolute Gasteiger partial charge is 0.202 e. The number of rotatable bonds is 5. The third kappa shape index (κ3) is 5.40. The van der Waals surface area contributed by atoms with E-state index >= 15 is 0 Å². The quantitative estimate of drug-likeness (QED) is 0.256. The number of fused-ring (bicyclic) bond motifs is 4. The molecule has 5 N–H and O–H groups in total. The molecule has 9 atom stereocenters. The standard InChI is InChI=1S/C33H37NO12/c1-13(35)8-22-43-14(2)12-34-19-9-23(44-15(3)32(19)46-22)45-21-11-33(42,16(4)36)10-18-25(21)31(41)27-26(29(18)39)28(38)17-6-5-7-20(37)24(17)30(27)40/h5-7,12-15,19,21-23,32,35,37,39,41-42H,8-11H2,1-4H3/t13-,14+,15-,19+,21-,22+,23+,32-,33+/m1/s1. The van der Waals surface area contributed by atoms with Crippen molar-refractivity contribution < 1.29 is 58.9 Å². The van der Waals surface area contributed by atoms with E-state index in [4.69, 9.17) is 18.9 Å². The molecule has 46 heavy (non-hydrogen) atoms. The van der Waals surface area contributed by atoms with Crippen molar-refractivity contribution in [3.8, 4) is 17.2 Å². The normalized spacial score (nSPS) is 32.8. The van der Waals surface area contributed by atoms with Crippen LogP contribution in [-0.2, 0) is 30.2 Å². The number of phenols is 3. The molecule has 0 aromatic heterocycles. The summed E-state index contributed by atoms with van der Waals surface area (Å²) in [5, 5.41) is 54.9. The van der Waals surface area contributed by atoms with Crippen molar-refractivity contribution in [3.63, 3.8) is 0 Å². The monoisotopic (exact) mass is 639 g/mol. The minimum Gasteiger partial charge on any atom is -0.507 e. The number of ketones is 3. The average molecular weight is 640 g/mol. The van der Waals surface area contributed by atoms with Crippen LogP contribution in [0.2, 0.25) is 0 Å². The number of aliphatic hydroxyl groups excluding tert-OH is 1. The van der Waals surface area contributed by atoms with Gasteiger partial charge in [0.15, 0.2) is 24.1 Å². The fraction of sp³-hybridized carbons (Fsp3) is 0.515. The molecule has 0 unspecified atom stereocenters. The van der Waals surface area contributed by atoms with E-state index in [0.29, 0.717) is 0 Å². The Hall–Kier alpha value is -3.72. The van der Waals surface area contributed by atoms with Crippen molar-refractivity contribution in [2.45, 2.75) is 108 Å². The molecule has 13 nitrogen and oxygen atoms in total. The lowest BCUT2D eigenvalue weighted by atomic mass is 9.72. The second-order valence-electron chi connectivity index (χ2n) is 12.6. The number of hydrogen-bond donors (Lipinski definition) is 5. The third-order valence-electron chi connectivity index (χ3n) is 9.18. The number of nitrogens with zero attached hydrogens (tertiary/aromatic N) is 1. The summed E-state index contributed by atoms with van der Waals surface area (Å²) in [6.45, 7) is 6.36. The number of phenolic OH excluding ortho intramolecular Hbond substituents is 3. The number of aliphatic imine (C=N–C) groups is 1. The molecule has 1 fully saturated rings. The van der Waals surface area contributed by atoms with E-state index in [9.17, 15) is 39.9 Å². The summed E-state index contributed by atoms with van der Waals surface area (Å²) in [6.07, 6.45) is -4.04. The maximum Gasteiger partial charge on any atom is 0.202 e. The summed E-state index contributed by atoms with van der Waals surface area (Å²) in [5.41, 5.74) is -3.69. The topological polar surface area (TPSA) is 202 Å². The van der Waals surface area contributed by atoms with Gasteiger partial charge in [0.05, 0.1) is 47.1 Å². The van der Waals surface area contributed by atoms with Gasteiger partial charge in [-0.05, 0) is 33.8 Å². The van der Waals surface area contributed by atoms with Gasteiger partial charge in [-0.3, -0.25) is 19.4 Å². The molecule has 0 radical (unpaired) electrons. The molecule has 2 aliphatic carbocycles. The van der Waals surface area contributed by atoms with Crippen LogP contribution >= 0.6 is 0 Å². The Morgan fingerprint density at radius 3 is 2.48 bits per heavy atom. The zero-order valence-electron chi connectivity index (χ0n) is 25.8. The van der Waals surface area contributed by atoms with Crippen LogP contribution in [0.25, 0.3) is 0 Å². The van der Waals surface area contributed by atoms with Crippen LogP contribution in [0.1, 0.15) is 96.0 Å². The summed E-state index contributed by atoms with van der Waals surface area (Å²) < 4.78 is 24.5. The van der Waals surface area contributed by atoms with Crippen molar-refractivity contribution in [2.24, 2.45) is 4.99 Å². The molecule has 4 aliphatic rings. The second kappa shape index (κ2) is 11.8. The molecular formula is C33H37NO12. The highest BCUT2D eigenvalue weighted by Gasteiger charge is 2.50. The van der Waals surface area contributed by atoms with Crippen LogP contribution < -0.4 is 0 Å². The van der Waals surface area contributed by atoms with Crippen molar-refractivity contribution in [1.82, 2.24) is 0 Å². The molecule has 0 amide bonds. The maximum atomic E-state index is 13.6. The molecule has 2 heterocycles. The van der Waals surface area contributed by atoms with Gasteiger partial charge in [0.1, 0.15) is 29.0 Å². The van der Waals surface area contributed by atoms with Crippen molar-refractivity contribution >= 4 is 23.6 Å². The minimum atomic E-state index is -2.04. The van der Waals surface area contributed by atoms with E-state index in [0.717, 1.165) is 0 Å². The molecule has 1 saturated heterocycles. The molecule has 2 aromatic rings. The second-order valence-corrected chi connectivity index (χ2v) is 12.6. The molecule has 6 rings (SSSR count). The number of carbonyl (C=O) groups excluding carboxylic acids is 3. The predicted octanol–water partition coefficient (Wildman–Crippen LogP) is 2.38. The van der Waals surface area contributed by atoms with Crippen molar-refractivity contribution in [1.29, 1.82) is 0 Å². The van der Waals surface area contributed by atoms with Gasteiger partial charge in [-0.2, -0.15) is 0 Å². The lowest BCUT2D eigenvalue weighted by Gasteiger charge is -2.44. The maximum absolute atomic E-state index is 13.6. The average Bonchev–Trinajstić information content (AvgIpc) is 2.96. The van der Waals surface area contributed by atoms with Crippen LogP contribution in [0.3, 0.4) is 0 Å². The number of aliphatic hydroxyl groups is 2. The van der Waals surface area contributed by atoms with E-state index < -0.39 is 107 Å². The molecular weight excluding hydrogens is 602 g/mol. The highest BCUT2D eigenvalue weighted by Crippen LogP contribution is 2.52. The number of aromatic hydroxyl groups is 3. The SMILES string of the molecule is CC(=O)[C@]1(O)Cc2c(O)c3c(c(O)c2[C@H](O[C@H]2C[C@@H]4N=C[C@H](C)O[C@H](C[C@@H](C)O)O[C@@H]4[C@@H](C)O2)C1)C(=O)c1c(O)cccc1C3=O. The van der Waals surface area contributed by atoms with Crippen LogP contribution in [0.5, 0.6) is 17.2 Å². The molecule has 2 aromatic carbocycles. The van der Waals surface area contributed by atoms with E-state index in [2.05, 4.69) is 4.99 Å². The van der Waals surface area contributed by atoms with E-state index in [1.54, 1.807) is 27.0 Å². The first kappa shape index (κ1) is 32.2. The van der Waals surface area contributed by atoms with Gasteiger partial charge in [0.25, 0.3) is 0 Å². The Morgan fingerprint density at radius 1 is 1.07 bits per heavy atom. The molecule has 0 saturated carbocycles. The Balaban J connectivity index is 1.39. The summed E-state index contributed by atoms with van der Waals surface area (Å²) in [7, 11) is 0. The van der Waals surface area contributed by atoms with Crippen LogP contribution in [0.4, 0.5) is 0 Å². The first-order valence-corrected chi connectivity index (χ1v) is 15.3. The van der Waals surface area contributed by atoms with Gasteiger partial charge in [-0.15, -0.1) is 0 Å². The van der Waals surface area contributed by atoms with Gasteiger partial charge >= 0.3 is 0 Å². The third-order valence-corrected chi connectivity index (χ3v) is 9.18. The Kier molecular flexibility index (Phi) is 8.28. The van der Waals surface area contributed by atoms with Crippen LogP contribution in [0, 0.1) is 0 Å². The first-order valence-electron chi connectivity index (χ1n) is 15.3. The number of Topliss-reactive ketones (excluding diaryl/α,β-unsaturated/α-hetero) is 1. The van der Waals surface area contributed by atoms with Crippen LogP contribution in [-0.4, -0.2) is 97.7 Å². The molecule has 0 spiro atoms. The fourth-order valence-electron chi connectivity index (χ4n) is 6.88. The highest BCUT2D eigenvalue weighted by atomic mass is 16.7. The van der Waals surface area contributed by atoms with Gasteiger partial charge < -0.3 is 44.5 Å². The van der Waals surface area contributed by atoms with E-state index in [1.807, 2.05) is 0 Å².